The van der Waals surface area contributed by atoms with Crippen LogP contribution in [-0.4, -0.2) is 22.0 Å². The molecule has 0 bridgehead atoms. The topological polar surface area (TPSA) is 46.2 Å². The molecule has 0 amide bonds. The number of rotatable bonds is 3. The van der Waals surface area contributed by atoms with Crippen molar-refractivity contribution < 1.29 is 8.42 Å². The minimum atomic E-state index is -3.19. The van der Waals surface area contributed by atoms with Gasteiger partial charge in [0.1, 0.15) is 7.85 Å². The van der Waals surface area contributed by atoms with Gasteiger partial charge in [0.2, 0.25) is 10.0 Å². The molecular weight excluding hydrogens is 185 g/mol. The second-order valence-corrected chi connectivity index (χ2v) is 4.64. The van der Waals surface area contributed by atoms with E-state index in [-0.39, 0.29) is 5.75 Å². The number of sulfonamides is 1. The third kappa shape index (κ3) is 3.10. The van der Waals surface area contributed by atoms with E-state index in [9.17, 15) is 8.42 Å². The van der Waals surface area contributed by atoms with Crippen LogP contribution in [0.5, 0.6) is 0 Å². The summed E-state index contributed by atoms with van der Waals surface area (Å²) in [5.41, 5.74) is 1.04. The fraction of sp³-hybridized carbons (Fsp3) is 0.250. The first-order chi connectivity index (χ1) is 6.03. The highest BCUT2D eigenvalue weighted by atomic mass is 32.2. The zero-order valence-corrected chi connectivity index (χ0v) is 8.14. The van der Waals surface area contributed by atoms with Crippen molar-refractivity contribution in [3.63, 3.8) is 0 Å². The molecule has 0 saturated heterocycles. The molecule has 1 aromatic carbocycles. The summed E-state index contributed by atoms with van der Waals surface area (Å²) in [7, 11) is 2.29. The van der Waals surface area contributed by atoms with Crippen LogP contribution in [0.4, 0.5) is 5.69 Å². The van der Waals surface area contributed by atoms with Crippen LogP contribution in [-0.2, 0) is 10.0 Å². The number of hydrogen-bond donors (Lipinski definition) is 1. The molecule has 68 valence electrons. The molecule has 0 aliphatic heterocycles. The van der Waals surface area contributed by atoms with Crippen molar-refractivity contribution in [1.82, 2.24) is 0 Å². The van der Waals surface area contributed by atoms with Crippen LogP contribution in [0.25, 0.3) is 0 Å². The molecule has 0 spiro atoms. The van der Waals surface area contributed by atoms with Gasteiger partial charge in [-0.05, 0) is 19.1 Å². The molecule has 3 nitrogen and oxygen atoms in total. The zero-order valence-electron chi connectivity index (χ0n) is 7.32. The lowest BCUT2D eigenvalue weighted by atomic mass is 9.96. The van der Waals surface area contributed by atoms with Crippen molar-refractivity contribution in [2.24, 2.45) is 0 Å². The minimum absolute atomic E-state index is 0.0573. The SMILES string of the molecule is [B]c1cccc(NS(=O)(=O)CC)c1. The van der Waals surface area contributed by atoms with Gasteiger partial charge in [-0.2, -0.15) is 0 Å². The number of anilines is 1. The van der Waals surface area contributed by atoms with Gasteiger partial charge < -0.3 is 0 Å². The average molecular weight is 195 g/mol. The molecule has 0 saturated carbocycles. The van der Waals surface area contributed by atoms with Crippen LogP contribution in [0.3, 0.4) is 0 Å². The third-order valence-corrected chi connectivity index (χ3v) is 2.85. The fourth-order valence-electron chi connectivity index (χ4n) is 0.854. The molecule has 0 aromatic heterocycles. The van der Waals surface area contributed by atoms with Crippen molar-refractivity contribution in [1.29, 1.82) is 0 Å². The zero-order chi connectivity index (χ0) is 9.90. The second kappa shape index (κ2) is 3.83. The maximum atomic E-state index is 11.1. The molecule has 2 radical (unpaired) electrons. The highest BCUT2D eigenvalue weighted by Crippen LogP contribution is 2.05. The maximum absolute atomic E-state index is 11.1. The van der Waals surface area contributed by atoms with E-state index in [4.69, 9.17) is 7.85 Å². The van der Waals surface area contributed by atoms with Gasteiger partial charge in [-0.3, -0.25) is 4.72 Å². The predicted octanol–water partition coefficient (Wildman–Crippen LogP) is 0.242. The van der Waals surface area contributed by atoms with Crippen molar-refractivity contribution in [3.05, 3.63) is 24.3 Å². The Labute approximate surface area is 79.6 Å². The summed E-state index contributed by atoms with van der Waals surface area (Å²) in [6.07, 6.45) is 0. The summed E-state index contributed by atoms with van der Waals surface area (Å²) < 4.78 is 24.7. The molecule has 1 N–H and O–H groups in total. The minimum Gasteiger partial charge on any atom is -0.284 e. The van der Waals surface area contributed by atoms with E-state index in [1.807, 2.05) is 0 Å². The standard InChI is InChI=1S/C8H10BNO2S/c1-2-13(11,12)10-8-5-3-4-7(9)6-8/h3-6,10H,2H2,1H3. The third-order valence-electron chi connectivity index (χ3n) is 1.54. The van der Waals surface area contributed by atoms with E-state index in [1.54, 1.807) is 31.2 Å². The maximum Gasteiger partial charge on any atom is 0.232 e. The first-order valence-corrected chi connectivity index (χ1v) is 5.55. The first-order valence-electron chi connectivity index (χ1n) is 3.89. The van der Waals surface area contributed by atoms with Crippen LogP contribution in [0, 0.1) is 0 Å². The Balaban J connectivity index is 2.87. The highest BCUT2D eigenvalue weighted by Gasteiger charge is 2.05. The summed E-state index contributed by atoms with van der Waals surface area (Å²) in [5.74, 6) is 0.0573. The summed E-state index contributed by atoms with van der Waals surface area (Å²) in [5, 5.41) is 0. The van der Waals surface area contributed by atoms with Crippen LogP contribution in [0.1, 0.15) is 6.92 Å². The Morgan fingerprint density at radius 3 is 2.69 bits per heavy atom. The fourth-order valence-corrected chi connectivity index (χ4v) is 1.48. The molecule has 0 unspecified atom stereocenters. The smallest absolute Gasteiger partial charge is 0.232 e. The quantitative estimate of drug-likeness (QED) is 0.702. The molecule has 0 atom stereocenters. The van der Waals surface area contributed by atoms with Gasteiger partial charge in [0.15, 0.2) is 0 Å². The summed E-state index contributed by atoms with van der Waals surface area (Å²) in [4.78, 5) is 0. The van der Waals surface area contributed by atoms with Gasteiger partial charge >= 0.3 is 0 Å². The average Bonchev–Trinajstić information content (AvgIpc) is 2.03. The van der Waals surface area contributed by atoms with Gasteiger partial charge in [0, 0.05) is 5.69 Å². The molecule has 13 heavy (non-hydrogen) atoms. The Hall–Kier alpha value is -0.965. The van der Waals surface area contributed by atoms with E-state index in [1.165, 1.54) is 0 Å². The van der Waals surface area contributed by atoms with Gasteiger partial charge in [-0.25, -0.2) is 8.42 Å². The Bertz CT molecular complexity index is 389. The Morgan fingerprint density at radius 1 is 1.46 bits per heavy atom. The van der Waals surface area contributed by atoms with Crippen molar-refractivity contribution in [3.8, 4) is 0 Å². The molecule has 1 aromatic rings. The van der Waals surface area contributed by atoms with Crippen molar-refractivity contribution in [2.45, 2.75) is 6.92 Å². The lowest BCUT2D eigenvalue weighted by molar-refractivity contribution is 0.602. The van der Waals surface area contributed by atoms with Crippen LogP contribution >= 0.6 is 0 Å². The largest absolute Gasteiger partial charge is 0.284 e. The molecule has 1 rings (SSSR count). The van der Waals surface area contributed by atoms with Gasteiger partial charge in [0.25, 0.3) is 0 Å². The summed E-state index contributed by atoms with van der Waals surface area (Å²) >= 11 is 0. The van der Waals surface area contributed by atoms with Crippen LogP contribution in [0.2, 0.25) is 0 Å². The van der Waals surface area contributed by atoms with Crippen LogP contribution in [0.15, 0.2) is 24.3 Å². The normalized spacial score (nSPS) is 11.2. The van der Waals surface area contributed by atoms with E-state index in [0.29, 0.717) is 11.2 Å². The molecule has 0 heterocycles. The number of nitrogens with one attached hydrogen (secondary N) is 1. The lowest BCUT2D eigenvalue weighted by Crippen LogP contribution is -2.15. The van der Waals surface area contributed by atoms with Crippen molar-refractivity contribution in [2.75, 3.05) is 10.5 Å². The summed E-state index contributed by atoms with van der Waals surface area (Å²) in [6.45, 7) is 1.58. The number of benzene rings is 1. The molecule has 0 aliphatic rings. The van der Waals surface area contributed by atoms with E-state index >= 15 is 0 Å². The lowest BCUT2D eigenvalue weighted by Gasteiger charge is -2.05. The number of hydrogen-bond acceptors (Lipinski definition) is 2. The monoisotopic (exact) mass is 195 g/mol. The highest BCUT2D eigenvalue weighted by molar-refractivity contribution is 7.92. The summed E-state index contributed by atoms with van der Waals surface area (Å²) in [6, 6.07) is 6.63. The van der Waals surface area contributed by atoms with Crippen LogP contribution < -0.4 is 10.2 Å². The van der Waals surface area contributed by atoms with Gasteiger partial charge in [-0.15, -0.1) is 0 Å². The Kier molecular flexibility index (Phi) is 2.98. The molecular formula is C8H10BNO2S. The first kappa shape index (κ1) is 10.1. The van der Waals surface area contributed by atoms with Crippen molar-refractivity contribution >= 4 is 29.0 Å². The molecule has 5 heteroatoms. The predicted molar refractivity (Wildman–Crippen MR) is 54.9 cm³/mol. The van der Waals surface area contributed by atoms with Gasteiger partial charge in [-0.1, -0.05) is 17.6 Å². The Morgan fingerprint density at radius 2 is 2.15 bits per heavy atom. The van der Waals surface area contributed by atoms with E-state index < -0.39 is 10.0 Å². The molecule has 0 aliphatic carbocycles. The second-order valence-electron chi connectivity index (χ2n) is 2.63. The van der Waals surface area contributed by atoms with Gasteiger partial charge in [0.05, 0.1) is 5.75 Å². The van der Waals surface area contributed by atoms with E-state index in [2.05, 4.69) is 4.72 Å². The van der Waals surface area contributed by atoms with E-state index in [0.717, 1.165) is 0 Å². The molecule has 0 fully saturated rings.